The molecule has 0 spiro atoms. The van der Waals surface area contributed by atoms with Crippen LogP contribution in [0.3, 0.4) is 0 Å². The fourth-order valence-corrected chi connectivity index (χ4v) is 2.17. The van der Waals surface area contributed by atoms with E-state index in [0.29, 0.717) is 15.7 Å². The van der Waals surface area contributed by atoms with Gasteiger partial charge in [-0.1, -0.05) is 15.9 Å². The van der Waals surface area contributed by atoms with Crippen molar-refractivity contribution in [2.45, 2.75) is 6.92 Å². The molecule has 0 saturated heterocycles. The SMILES string of the molecule is Cc1cc(C(=O)O)ccc1NC(=O)c1ccc(Br)cc1O. The van der Waals surface area contributed by atoms with E-state index in [1.807, 2.05) is 0 Å². The summed E-state index contributed by atoms with van der Waals surface area (Å²) < 4.78 is 0.665. The first-order chi connectivity index (χ1) is 9.88. The smallest absolute Gasteiger partial charge is 0.335 e. The lowest BCUT2D eigenvalue weighted by atomic mass is 10.1. The number of anilines is 1. The Hall–Kier alpha value is -2.34. The standard InChI is InChI=1S/C15H12BrNO4/c1-8-6-9(15(20)21)2-5-12(8)17-14(19)11-4-3-10(16)7-13(11)18/h2-7,18H,1H3,(H,17,19)(H,20,21). The molecule has 0 aliphatic rings. The average molecular weight is 350 g/mol. The number of rotatable bonds is 3. The van der Waals surface area contributed by atoms with Gasteiger partial charge in [-0.2, -0.15) is 0 Å². The first kappa shape index (κ1) is 15.1. The molecule has 0 atom stereocenters. The molecule has 0 fully saturated rings. The molecule has 0 aromatic heterocycles. The number of carbonyl (C=O) groups is 2. The summed E-state index contributed by atoms with van der Waals surface area (Å²) in [4.78, 5) is 23.0. The summed E-state index contributed by atoms with van der Waals surface area (Å²) in [6.45, 7) is 1.70. The number of hydrogen-bond acceptors (Lipinski definition) is 3. The third-order valence-electron chi connectivity index (χ3n) is 2.93. The van der Waals surface area contributed by atoms with Gasteiger partial charge in [0.05, 0.1) is 11.1 Å². The Bertz CT molecular complexity index is 728. The molecule has 0 aliphatic carbocycles. The number of phenols is 1. The van der Waals surface area contributed by atoms with Gasteiger partial charge in [-0.25, -0.2) is 4.79 Å². The quantitative estimate of drug-likeness (QED) is 0.792. The second-order valence-corrected chi connectivity index (χ2v) is 5.37. The number of aryl methyl sites for hydroxylation is 1. The molecule has 2 aromatic rings. The van der Waals surface area contributed by atoms with E-state index in [9.17, 15) is 14.7 Å². The predicted molar refractivity (Wildman–Crippen MR) is 81.9 cm³/mol. The summed E-state index contributed by atoms with van der Waals surface area (Å²) in [5.74, 6) is -1.63. The Balaban J connectivity index is 2.25. The van der Waals surface area contributed by atoms with Gasteiger partial charge in [-0.15, -0.1) is 0 Å². The Morgan fingerprint density at radius 1 is 1.14 bits per heavy atom. The molecular weight excluding hydrogens is 338 g/mol. The number of carboxylic acids is 1. The number of carboxylic acid groups (broad SMARTS) is 1. The first-order valence-corrected chi connectivity index (χ1v) is 6.81. The third kappa shape index (κ3) is 3.41. The van der Waals surface area contributed by atoms with Gasteiger partial charge in [-0.05, 0) is 48.9 Å². The summed E-state index contributed by atoms with van der Waals surface area (Å²) >= 11 is 3.20. The second kappa shape index (κ2) is 5.97. The lowest BCUT2D eigenvalue weighted by Gasteiger charge is -2.10. The van der Waals surface area contributed by atoms with E-state index in [4.69, 9.17) is 5.11 Å². The Kier molecular flexibility index (Phi) is 4.28. The van der Waals surface area contributed by atoms with Crippen LogP contribution < -0.4 is 5.32 Å². The Morgan fingerprint density at radius 3 is 2.43 bits per heavy atom. The van der Waals surface area contributed by atoms with Gasteiger partial charge in [-0.3, -0.25) is 4.79 Å². The topological polar surface area (TPSA) is 86.6 Å². The van der Waals surface area contributed by atoms with Gasteiger partial charge >= 0.3 is 5.97 Å². The van der Waals surface area contributed by atoms with E-state index in [0.717, 1.165) is 0 Å². The summed E-state index contributed by atoms with van der Waals surface area (Å²) in [6, 6.07) is 8.97. The van der Waals surface area contributed by atoms with Gasteiger partial charge in [0.25, 0.3) is 5.91 Å². The highest BCUT2D eigenvalue weighted by atomic mass is 79.9. The van der Waals surface area contributed by atoms with Crippen LogP contribution in [0.1, 0.15) is 26.3 Å². The minimum absolute atomic E-state index is 0.137. The van der Waals surface area contributed by atoms with E-state index in [-0.39, 0.29) is 16.9 Å². The molecule has 0 bridgehead atoms. The maximum atomic E-state index is 12.1. The maximum Gasteiger partial charge on any atom is 0.335 e. The van der Waals surface area contributed by atoms with E-state index in [1.54, 1.807) is 13.0 Å². The first-order valence-electron chi connectivity index (χ1n) is 6.02. The molecule has 0 heterocycles. The fraction of sp³-hybridized carbons (Fsp3) is 0.0667. The number of phenolic OH excluding ortho intramolecular Hbond substituents is 1. The summed E-state index contributed by atoms with van der Waals surface area (Å²) in [5.41, 5.74) is 1.41. The van der Waals surface area contributed by atoms with Crippen molar-refractivity contribution in [2.75, 3.05) is 5.32 Å². The van der Waals surface area contributed by atoms with Crippen molar-refractivity contribution < 1.29 is 19.8 Å². The monoisotopic (exact) mass is 349 g/mol. The van der Waals surface area contributed by atoms with Gasteiger partial charge < -0.3 is 15.5 Å². The van der Waals surface area contributed by atoms with E-state index in [2.05, 4.69) is 21.2 Å². The fourth-order valence-electron chi connectivity index (χ4n) is 1.82. The van der Waals surface area contributed by atoms with Crippen LogP contribution in [-0.4, -0.2) is 22.1 Å². The van der Waals surface area contributed by atoms with Gasteiger partial charge in [0.2, 0.25) is 0 Å². The van der Waals surface area contributed by atoms with Crippen molar-refractivity contribution >= 4 is 33.5 Å². The van der Waals surface area contributed by atoms with Gasteiger partial charge in [0.15, 0.2) is 0 Å². The number of aromatic hydroxyl groups is 1. The normalized spacial score (nSPS) is 10.2. The third-order valence-corrected chi connectivity index (χ3v) is 3.42. The lowest BCUT2D eigenvalue weighted by Crippen LogP contribution is -2.13. The molecule has 1 amide bonds. The Labute approximate surface area is 129 Å². The molecular formula is C15H12BrNO4. The molecule has 0 saturated carbocycles. The molecule has 21 heavy (non-hydrogen) atoms. The van der Waals surface area contributed by atoms with E-state index in [1.165, 1.54) is 30.3 Å². The number of carbonyl (C=O) groups excluding carboxylic acids is 1. The highest BCUT2D eigenvalue weighted by Crippen LogP contribution is 2.24. The molecule has 3 N–H and O–H groups in total. The van der Waals surface area contributed by atoms with Crippen molar-refractivity contribution in [3.05, 3.63) is 57.6 Å². The molecule has 0 aliphatic heterocycles. The minimum atomic E-state index is -1.03. The minimum Gasteiger partial charge on any atom is -0.507 e. The molecule has 6 heteroatoms. The molecule has 0 radical (unpaired) electrons. The number of benzene rings is 2. The van der Waals surface area contributed by atoms with Crippen LogP contribution in [0.5, 0.6) is 5.75 Å². The van der Waals surface area contributed by atoms with Crippen molar-refractivity contribution in [1.82, 2.24) is 0 Å². The molecule has 5 nitrogen and oxygen atoms in total. The largest absolute Gasteiger partial charge is 0.507 e. The predicted octanol–water partition coefficient (Wildman–Crippen LogP) is 3.41. The molecule has 2 rings (SSSR count). The number of aromatic carboxylic acids is 1. The maximum absolute atomic E-state index is 12.1. The van der Waals surface area contributed by atoms with Crippen LogP contribution in [-0.2, 0) is 0 Å². The number of hydrogen-bond donors (Lipinski definition) is 3. The zero-order chi connectivity index (χ0) is 15.6. The van der Waals surface area contributed by atoms with Crippen LogP contribution in [0.2, 0.25) is 0 Å². The zero-order valence-corrected chi connectivity index (χ0v) is 12.6. The summed E-state index contributed by atoms with van der Waals surface area (Å²) in [5, 5.41) is 21.3. The molecule has 108 valence electrons. The second-order valence-electron chi connectivity index (χ2n) is 4.45. The van der Waals surface area contributed by atoms with Crippen molar-refractivity contribution in [1.29, 1.82) is 0 Å². The van der Waals surface area contributed by atoms with Crippen LogP contribution in [0.25, 0.3) is 0 Å². The van der Waals surface area contributed by atoms with E-state index >= 15 is 0 Å². The van der Waals surface area contributed by atoms with E-state index < -0.39 is 11.9 Å². The summed E-state index contributed by atoms with van der Waals surface area (Å²) in [7, 11) is 0. The number of halogens is 1. The zero-order valence-electron chi connectivity index (χ0n) is 11.1. The molecule has 0 unspecified atom stereocenters. The van der Waals surface area contributed by atoms with Crippen LogP contribution >= 0.6 is 15.9 Å². The average Bonchev–Trinajstić information content (AvgIpc) is 2.40. The number of nitrogens with one attached hydrogen (secondary N) is 1. The highest BCUT2D eigenvalue weighted by Gasteiger charge is 2.13. The van der Waals surface area contributed by atoms with Crippen LogP contribution in [0.15, 0.2) is 40.9 Å². The van der Waals surface area contributed by atoms with Crippen LogP contribution in [0, 0.1) is 6.92 Å². The van der Waals surface area contributed by atoms with Crippen molar-refractivity contribution in [2.24, 2.45) is 0 Å². The highest BCUT2D eigenvalue weighted by molar-refractivity contribution is 9.10. The molecule has 2 aromatic carbocycles. The Morgan fingerprint density at radius 2 is 1.86 bits per heavy atom. The van der Waals surface area contributed by atoms with Gasteiger partial charge in [0, 0.05) is 10.2 Å². The number of amides is 1. The van der Waals surface area contributed by atoms with Crippen molar-refractivity contribution in [3.63, 3.8) is 0 Å². The van der Waals surface area contributed by atoms with Crippen molar-refractivity contribution in [3.8, 4) is 5.75 Å². The van der Waals surface area contributed by atoms with Gasteiger partial charge in [0.1, 0.15) is 5.75 Å². The van der Waals surface area contributed by atoms with Crippen LogP contribution in [0.4, 0.5) is 5.69 Å². The lowest BCUT2D eigenvalue weighted by molar-refractivity contribution is 0.0696. The summed E-state index contributed by atoms with van der Waals surface area (Å²) in [6.07, 6.45) is 0.